The van der Waals surface area contributed by atoms with Crippen LogP contribution in [0.4, 0.5) is 0 Å². The predicted octanol–water partition coefficient (Wildman–Crippen LogP) is 2.40. The molecule has 0 spiro atoms. The van der Waals surface area contributed by atoms with Crippen LogP contribution in [0.15, 0.2) is 30.5 Å². The van der Waals surface area contributed by atoms with E-state index in [0.29, 0.717) is 5.92 Å². The summed E-state index contributed by atoms with van der Waals surface area (Å²) < 4.78 is 2.08. The van der Waals surface area contributed by atoms with Crippen LogP contribution in [0.5, 0.6) is 0 Å². The Hall–Kier alpha value is -2.67. The lowest BCUT2D eigenvalue weighted by atomic mass is 9.85. The second-order valence-corrected chi connectivity index (χ2v) is 7.14. The van der Waals surface area contributed by atoms with Crippen LogP contribution >= 0.6 is 0 Å². The molecule has 0 saturated carbocycles. The number of carboxylic acid groups (broad SMARTS) is 2. The van der Waals surface area contributed by atoms with Crippen LogP contribution in [0, 0.1) is 0 Å². The highest BCUT2D eigenvalue weighted by molar-refractivity contribution is 6.27. The van der Waals surface area contributed by atoms with Gasteiger partial charge in [0.15, 0.2) is 0 Å². The van der Waals surface area contributed by atoms with Crippen molar-refractivity contribution in [3.05, 3.63) is 52.8 Å². The molecule has 0 radical (unpaired) electrons. The molecule has 2 heterocycles. The fourth-order valence-electron chi connectivity index (χ4n) is 4.00. The van der Waals surface area contributed by atoms with Crippen LogP contribution in [-0.4, -0.2) is 43.4 Å². The van der Waals surface area contributed by atoms with Crippen LogP contribution in [0.3, 0.4) is 0 Å². The maximum absolute atomic E-state index is 9.10. The van der Waals surface area contributed by atoms with Gasteiger partial charge in [-0.1, -0.05) is 24.3 Å². The Bertz CT molecular complexity index is 793. The summed E-state index contributed by atoms with van der Waals surface area (Å²) >= 11 is 0. The van der Waals surface area contributed by atoms with E-state index in [1.54, 1.807) is 0 Å². The Morgan fingerprint density at radius 1 is 1.15 bits per heavy atom. The van der Waals surface area contributed by atoms with E-state index in [1.807, 2.05) is 0 Å². The van der Waals surface area contributed by atoms with Gasteiger partial charge in [0.2, 0.25) is 0 Å². The number of hydrogen-bond acceptors (Lipinski definition) is 4. The van der Waals surface area contributed by atoms with Crippen molar-refractivity contribution < 1.29 is 19.8 Å². The Morgan fingerprint density at radius 2 is 1.78 bits per heavy atom. The number of nitrogens with zero attached hydrogens (tertiary/aromatic N) is 3. The van der Waals surface area contributed by atoms with Crippen LogP contribution in [-0.2, 0) is 36.1 Å². The van der Waals surface area contributed by atoms with Gasteiger partial charge < -0.3 is 10.2 Å². The highest BCUT2D eigenvalue weighted by Crippen LogP contribution is 2.34. The predicted molar refractivity (Wildman–Crippen MR) is 99.3 cm³/mol. The van der Waals surface area contributed by atoms with Crippen LogP contribution in [0.2, 0.25) is 0 Å². The lowest BCUT2D eigenvalue weighted by Gasteiger charge is -2.25. The standard InChI is InChI=1S/C18H23N3.C2H2O4/c1-20-18-8-4-7-14(17(18)11-19-20)9-10-21-12-15-5-2-3-6-16(15)13-21;3-1(4)2(5)6/h2-3,5-6,11,14H,4,7-10,12-13H2,1H3;(H,3,4)(H,5,6). The number of benzene rings is 1. The summed E-state index contributed by atoms with van der Waals surface area (Å²) in [4.78, 5) is 20.8. The first kappa shape index (κ1) is 19.1. The zero-order chi connectivity index (χ0) is 19.4. The van der Waals surface area contributed by atoms with Gasteiger partial charge in [0.1, 0.15) is 0 Å². The van der Waals surface area contributed by atoms with E-state index in [9.17, 15) is 0 Å². The van der Waals surface area contributed by atoms with Crippen molar-refractivity contribution in [2.24, 2.45) is 7.05 Å². The lowest BCUT2D eigenvalue weighted by molar-refractivity contribution is -0.159. The van der Waals surface area contributed by atoms with Gasteiger partial charge in [0.05, 0.1) is 6.20 Å². The molecule has 1 aromatic carbocycles. The van der Waals surface area contributed by atoms with Crippen molar-refractivity contribution in [2.45, 2.75) is 44.7 Å². The first-order chi connectivity index (χ1) is 13.0. The summed E-state index contributed by atoms with van der Waals surface area (Å²) in [5.74, 6) is -2.93. The van der Waals surface area contributed by atoms with Crippen molar-refractivity contribution >= 4 is 11.9 Å². The van der Waals surface area contributed by atoms with Crippen LogP contribution in [0.1, 0.15) is 47.6 Å². The molecular weight excluding hydrogens is 346 g/mol. The van der Waals surface area contributed by atoms with Crippen molar-refractivity contribution in [1.82, 2.24) is 14.7 Å². The highest BCUT2D eigenvalue weighted by Gasteiger charge is 2.25. The number of rotatable bonds is 3. The van der Waals surface area contributed by atoms with Gasteiger partial charge in [-0.15, -0.1) is 0 Å². The second kappa shape index (κ2) is 8.35. The SMILES string of the molecule is Cn1ncc2c1CCCC2CCN1Cc2ccccc2C1.O=C(O)C(=O)O. The fraction of sp³-hybridized carbons (Fsp3) is 0.450. The number of aromatic nitrogens is 2. The van der Waals surface area contributed by atoms with Crippen LogP contribution < -0.4 is 0 Å². The summed E-state index contributed by atoms with van der Waals surface area (Å²) in [6, 6.07) is 8.86. The third-order valence-corrected chi connectivity index (χ3v) is 5.38. The van der Waals surface area contributed by atoms with E-state index in [2.05, 4.69) is 52.2 Å². The molecule has 7 heteroatoms. The zero-order valence-corrected chi connectivity index (χ0v) is 15.5. The molecule has 0 fully saturated rings. The normalized spacial score (nSPS) is 18.2. The van der Waals surface area contributed by atoms with E-state index in [1.165, 1.54) is 54.6 Å². The maximum Gasteiger partial charge on any atom is 0.414 e. The molecule has 1 aliphatic heterocycles. The van der Waals surface area contributed by atoms with Gasteiger partial charge in [0.25, 0.3) is 0 Å². The molecule has 0 saturated heterocycles. The molecule has 0 bridgehead atoms. The van der Waals surface area contributed by atoms with E-state index >= 15 is 0 Å². The molecule has 27 heavy (non-hydrogen) atoms. The quantitative estimate of drug-likeness (QED) is 0.805. The Labute approximate surface area is 158 Å². The van der Waals surface area contributed by atoms with Gasteiger partial charge in [-0.2, -0.15) is 5.10 Å². The number of carboxylic acids is 2. The Balaban J connectivity index is 0.000000307. The molecular formula is C20H25N3O4. The number of aliphatic carboxylic acids is 2. The van der Waals surface area contributed by atoms with Crippen molar-refractivity contribution in [3.8, 4) is 0 Å². The van der Waals surface area contributed by atoms with Gasteiger partial charge >= 0.3 is 11.9 Å². The number of hydrogen-bond donors (Lipinski definition) is 2. The van der Waals surface area contributed by atoms with Crippen molar-refractivity contribution in [3.63, 3.8) is 0 Å². The van der Waals surface area contributed by atoms with Crippen molar-refractivity contribution in [1.29, 1.82) is 0 Å². The van der Waals surface area contributed by atoms with Gasteiger partial charge in [0, 0.05) is 25.8 Å². The first-order valence-electron chi connectivity index (χ1n) is 9.22. The van der Waals surface area contributed by atoms with E-state index < -0.39 is 11.9 Å². The minimum absolute atomic E-state index is 0.714. The van der Waals surface area contributed by atoms with Gasteiger partial charge in [-0.3, -0.25) is 9.58 Å². The largest absolute Gasteiger partial charge is 0.473 e. The average Bonchev–Trinajstić information content (AvgIpc) is 3.24. The first-order valence-corrected chi connectivity index (χ1v) is 9.22. The third-order valence-electron chi connectivity index (χ3n) is 5.38. The minimum Gasteiger partial charge on any atom is -0.473 e. The van der Waals surface area contributed by atoms with Crippen molar-refractivity contribution in [2.75, 3.05) is 6.54 Å². The molecule has 7 nitrogen and oxygen atoms in total. The summed E-state index contributed by atoms with van der Waals surface area (Å²) in [5, 5.41) is 19.2. The molecule has 2 aromatic rings. The summed E-state index contributed by atoms with van der Waals surface area (Å²) in [6.07, 6.45) is 7.24. The maximum atomic E-state index is 9.10. The molecule has 144 valence electrons. The second-order valence-electron chi connectivity index (χ2n) is 7.14. The minimum atomic E-state index is -1.82. The molecule has 2 aliphatic rings. The Morgan fingerprint density at radius 3 is 2.37 bits per heavy atom. The van der Waals surface area contributed by atoms with Gasteiger partial charge in [-0.25, -0.2) is 9.59 Å². The molecule has 4 rings (SSSR count). The monoisotopic (exact) mass is 371 g/mol. The molecule has 0 amide bonds. The molecule has 1 unspecified atom stereocenters. The lowest BCUT2D eigenvalue weighted by Crippen LogP contribution is -2.21. The van der Waals surface area contributed by atoms with E-state index in [4.69, 9.17) is 19.8 Å². The summed E-state index contributed by atoms with van der Waals surface area (Å²) in [7, 11) is 2.08. The number of fused-ring (bicyclic) bond motifs is 2. The molecule has 1 aliphatic carbocycles. The smallest absolute Gasteiger partial charge is 0.414 e. The van der Waals surface area contributed by atoms with E-state index in [0.717, 1.165) is 13.1 Å². The molecule has 1 aromatic heterocycles. The van der Waals surface area contributed by atoms with Crippen LogP contribution in [0.25, 0.3) is 0 Å². The molecule has 2 N–H and O–H groups in total. The summed E-state index contributed by atoms with van der Waals surface area (Å²) in [5.41, 5.74) is 6.02. The number of carbonyl (C=O) groups is 2. The van der Waals surface area contributed by atoms with E-state index in [-0.39, 0.29) is 0 Å². The Kier molecular flexibility index (Phi) is 5.91. The topological polar surface area (TPSA) is 95.7 Å². The average molecular weight is 371 g/mol. The molecule has 1 atom stereocenters. The zero-order valence-electron chi connectivity index (χ0n) is 15.5. The van der Waals surface area contributed by atoms with Gasteiger partial charge in [-0.05, 0) is 54.8 Å². The number of aryl methyl sites for hydroxylation is 1. The summed E-state index contributed by atoms with van der Waals surface area (Å²) in [6.45, 7) is 3.46. The highest BCUT2D eigenvalue weighted by atomic mass is 16.4. The fourth-order valence-corrected chi connectivity index (χ4v) is 4.00. The third kappa shape index (κ3) is 4.54.